The zero-order valence-electron chi connectivity index (χ0n) is 11.9. The standard InChI is InChI=1S/C17H26N2/c1-2-11-17-15(7-1)8-3-4-13-19(17)14-6-10-16-9-5-12-18-16/h1-2,7,11,16,18H,3-6,8-10,12-14H2. The van der Waals surface area contributed by atoms with Gasteiger partial charge in [0.15, 0.2) is 0 Å². The minimum Gasteiger partial charge on any atom is -0.371 e. The first kappa shape index (κ1) is 13.0. The number of anilines is 1. The van der Waals surface area contributed by atoms with E-state index in [4.69, 9.17) is 0 Å². The molecule has 0 aromatic heterocycles. The first-order chi connectivity index (χ1) is 9.43. The third-order valence-corrected chi connectivity index (χ3v) is 4.60. The van der Waals surface area contributed by atoms with E-state index in [1.54, 1.807) is 5.56 Å². The Balaban J connectivity index is 1.57. The molecule has 3 rings (SSSR count). The Kier molecular flexibility index (Phi) is 4.39. The van der Waals surface area contributed by atoms with E-state index >= 15 is 0 Å². The summed E-state index contributed by atoms with van der Waals surface area (Å²) in [5, 5.41) is 3.61. The number of aryl methyl sites for hydroxylation is 1. The van der Waals surface area contributed by atoms with Crippen LogP contribution in [0.3, 0.4) is 0 Å². The van der Waals surface area contributed by atoms with Gasteiger partial charge >= 0.3 is 0 Å². The third kappa shape index (κ3) is 3.30. The molecule has 1 aromatic carbocycles. The van der Waals surface area contributed by atoms with E-state index in [1.165, 1.54) is 70.3 Å². The van der Waals surface area contributed by atoms with E-state index in [0.717, 1.165) is 6.04 Å². The molecule has 104 valence electrons. The van der Waals surface area contributed by atoms with Crippen molar-refractivity contribution in [1.82, 2.24) is 5.32 Å². The number of nitrogens with zero attached hydrogens (tertiary/aromatic N) is 1. The Hall–Kier alpha value is -1.02. The molecule has 2 aliphatic heterocycles. The van der Waals surface area contributed by atoms with Gasteiger partial charge in [-0.1, -0.05) is 18.2 Å². The molecule has 0 saturated carbocycles. The van der Waals surface area contributed by atoms with Crippen LogP contribution in [0, 0.1) is 0 Å². The molecule has 1 saturated heterocycles. The molecule has 2 nitrogen and oxygen atoms in total. The second kappa shape index (κ2) is 6.42. The molecule has 0 radical (unpaired) electrons. The van der Waals surface area contributed by atoms with Crippen LogP contribution in [0.25, 0.3) is 0 Å². The molecule has 19 heavy (non-hydrogen) atoms. The van der Waals surface area contributed by atoms with E-state index in [2.05, 4.69) is 34.5 Å². The average Bonchev–Trinajstić information content (AvgIpc) is 2.87. The molecule has 2 heterocycles. The largest absolute Gasteiger partial charge is 0.371 e. The first-order valence-electron chi connectivity index (χ1n) is 8.00. The lowest BCUT2D eigenvalue weighted by molar-refractivity contribution is 0.531. The fourth-order valence-electron chi connectivity index (χ4n) is 3.53. The lowest BCUT2D eigenvalue weighted by Gasteiger charge is -2.25. The topological polar surface area (TPSA) is 15.3 Å². The highest BCUT2D eigenvalue weighted by molar-refractivity contribution is 5.54. The van der Waals surface area contributed by atoms with Gasteiger partial charge in [-0.15, -0.1) is 0 Å². The zero-order valence-corrected chi connectivity index (χ0v) is 11.9. The molecule has 2 heteroatoms. The molecule has 1 fully saturated rings. The second-order valence-electron chi connectivity index (χ2n) is 6.01. The SMILES string of the molecule is c1ccc2c(c1)CCCCN2CCCC1CCCN1. The highest BCUT2D eigenvalue weighted by Gasteiger charge is 2.16. The van der Waals surface area contributed by atoms with Crippen LogP contribution < -0.4 is 10.2 Å². The summed E-state index contributed by atoms with van der Waals surface area (Å²) in [6.45, 7) is 3.71. The predicted molar refractivity (Wildman–Crippen MR) is 81.9 cm³/mol. The molecule has 2 aliphatic rings. The number of benzene rings is 1. The van der Waals surface area contributed by atoms with Crippen molar-refractivity contribution >= 4 is 5.69 Å². The summed E-state index contributed by atoms with van der Waals surface area (Å²) in [7, 11) is 0. The maximum atomic E-state index is 3.61. The van der Waals surface area contributed by atoms with Gasteiger partial charge < -0.3 is 10.2 Å². The number of rotatable bonds is 4. The molecule has 0 amide bonds. The molecule has 1 unspecified atom stereocenters. The second-order valence-corrected chi connectivity index (χ2v) is 6.01. The van der Waals surface area contributed by atoms with E-state index in [0.29, 0.717) is 0 Å². The molecule has 1 aromatic rings. The number of hydrogen-bond donors (Lipinski definition) is 1. The summed E-state index contributed by atoms with van der Waals surface area (Å²) in [5.41, 5.74) is 3.05. The summed E-state index contributed by atoms with van der Waals surface area (Å²) < 4.78 is 0. The fraction of sp³-hybridized carbons (Fsp3) is 0.647. The number of fused-ring (bicyclic) bond motifs is 1. The van der Waals surface area contributed by atoms with E-state index in [9.17, 15) is 0 Å². The van der Waals surface area contributed by atoms with Crippen molar-refractivity contribution in [2.75, 3.05) is 24.5 Å². The quantitative estimate of drug-likeness (QED) is 0.891. The van der Waals surface area contributed by atoms with Crippen LogP contribution in [0.4, 0.5) is 5.69 Å². The maximum absolute atomic E-state index is 3.61. The molecule has 0 bridgehead atoms. The Morgan fingerprint density at radius 2 is 2.11 bits per heavy atom. The third-order valence-electron chi connectivity index (χ3n) is 4.60. The monoisotopic (exact) mass is 258 g/mol. The number of hydrogen-bond acceptors (Lipinski definition) is 2. The predicted octanol–water partition coefficient (Wildman–Crippen LogP) is 3.36. The van der Waals surface area contributed by atoms with E-state index in [1.807, 2.05) is 0 Å². The Morgan fingerprint density at radius 1 is 1.16 bits per heavy atom. The van der Waals surface area contributed by atoms with Gasteiger partial charge in [-0.05, 0) is 63.1 Å². The van der Waals surface area contributed by atoms with Gasteiger partial charge in [0.25, 0.3) is 0 Å². The average molecular weight is 258 g/mol. The van der Waals surface area contributed by atoms with Crippen molar-refractivity contribution in [3.63, 3.8) is 0 Å². The van der Waals surface area contributed by atoms with Gasteiger partial charge in [-0.3, -0.25) is 0 Å². The van der Waals surface area contributed by atoms with Crippen molar-refractivity contribution in [2.45, 2.75) is 51.0 Å². The highest BCUT2D eigenvalue weighted by Crippen LogP contribution is 2.26. The maximum Gasteiger partial charge on any atom is 0.0398 e. The number of nitrogens with one attached hydrogen (secondary N) is 1. The van der Waals surface area contributed by atoms with Crippen LogP contribution in [-0.2, 0) is 6.42 Å². The molecule has 0 aliphatic carbocycles. The summed E-state index contributed by atoms with van der Waals surface area (Å²) in [6, 6.07) is 9.79. The number of para-hydroxylation sites is 1. The van der Waals surface area contributed by atoms with Gasteiger partial charge in [-0.25, -0.2) is 0 Å². The lowest BCUT2D eigenvalue weighted by atomic mass is 10.1. The smallest absolute Gasteiger partial charge is 0.0398 e. The highest BCUT2D eigenvalue weighted by atomic mass is 15.1. The van der Waals surface area contributed by atoms with Crippen molar-refractivity contribution < 1.29 is 0 Å². The molecule has 1 atom stereocenters. The van der Waals surface area contributed by atoms with Gasteiger partial charge in [0.05, 0.1) is 0 Å². The molecular weight excluding hydrogens is 232 g/mol. The summed E-state index contributed by atoms with van der Waals surface area (Å²) in [4.78, 5) is 2.62. The minimum absolute atomic E-state index is 0.794. The van der Waals surface area contributed by atoms with Gasteiger partial charge in [0.1, 0.15) is 0 Å². The Morgan fingerprint density at radius 3 is 3.00 bits per heavy atom. The van der Waals surface area contributed by atoms with Crippen LogP contribution in [0.15, 0.2) is 24.3 Å². The van der Waals surface area contributed by atoms with Crippen LogP contribution in [-0.4, -0.2) is 25.7 Å². The van der Waals surface area contributed by atoms with Crippen molar-refractivity contribution in [2.24, 2.45) is 0 Å². The van der Waals surface area contributed by atoms with Crippen LogP contribution in [0.2, 0.25) is 0 Å². The van der Waals surface area contributed by atoms with E-state index in [-0.39, 0.29) is 0 Å². The normalized spacial score (nSPS) is 23.2. The summed E-state index contributed by atoms with van der Waals surface area (Å²) >= 11 is 0. The van der Waals surface area contributed by atoms with Crippen molar-refractivity contribution in [1.29, 1.82) is 0 Å². The summed E-state index contributed by atoms with van der Waals surface area (Å²) in [5.74, 6) is 0. The van der Waals surface area contributed by atoms with Crippen LogP contribution in [0.5, 0.6) is 0 Å². The van der Waals surface area contributed by atoms with Crippen LogP contribution >= 0.6 is 0 Å². The first-order valence-corrected chi connectivity index (χ1v) is 8.00. The summed E-state index contributed by atoms with van der Waals surface area (Å²) in [6.07, 6.45) is 9.38. The lowest BCUT2D eigenvalue weighted by Crippen LogP contribution is -2.28. The van der Waals surface area contributed by atoms with Gasteiger partial charge in [0, 0.05) is 24.8 Å². The molecule has 0 spiro atoms. The fourth-order valence-corrected chi connectivity index (χ4v) is 3.53. The van der Waals surface area contributed by atoms with Crippen molar-refractivity contribution in [3.05, 3.63) is 29.8 Å². The van der Waals surface area contributed by atoms with Gasteiger partial charge in [-0.2, -0.15) is 0 Å². The Labute approximate surface area is 117 Å². The molecule has 1 N–H and O–H groups in total. The van der Waals surface area contributed by atoms with Crippen molar-refractivity contribution in [3.8, 4) is 0 Å². The van der Waals surface area contributed by atoms with Gasteiger partial charge in [0.2, 0.25) is 0 Å². The van der Waals surface area contributed by atoms with Crippen LogP contribution in [0.1, 0.15) is 44.1 Å². The minimum atomic E-state index is 0.794. The Bertz CT molecular complexity index is 396. The zero-order chi connectivity index (χ0) is 12.9. The van der Waals surface area contributed by atoms with E-state index < -0.39 is 0 Å². The molecular formula is C17H26N2.